The zero-order valence-corrected chi connectivity index (χ0v) is 12.9. The van der Waals surface area contributed by atoms with Gasteiger partial charge in [-0.2, -0.15) is 0 Å². The van der Waals surface area contributed by atoms with Gasteiger partial charge in [0.15, 0.2) is 0 Å². The first kappa shape index (κ1) is 14.5. The van der Waals surface area contributed by atoms with E-state index in [1.165, 1.54) is 0 Å². The predicted octanol–water partition coefficient (Wildman–Crippen LogP) is 4.94. The van der Waals surface area contributed by atoms with E-state index in [1.54, 1.807) is 38.1 Å². The Kier molecular flexibility index (Phi) is 4.29. The highest BCUT2D eigenvalue weighted by molar-refractivity contribution is 9.10. The third kappa shape index (κ3) is 2.99. The highest BCUT2D eigenvalue weighted by Crippen LogP contribution is 2.31. The third-order valence-electron chi connectivity index (χ3n) is 3.03. The Labute approximate surface area is 125 Å². The van der Waals surface area contributed by atoms with Gasteiger partial charge in [0.1, 0.15) is 11.9 Å². The summed E-state index contributed by atoms with van der Waals surface area (Å²) in [5.74, 6) is -0.238. The van der Waals surface area contributed by atoms with Crippen LogP contribution in [0.25, 0.3) is 0 Å². The molecule has 2 aromatic carbocycles. The first-order chi connectivity index (χ1) is 8.90. The van der Waals surface area contributed by atoms with E-state index in [-0.39, 0.29) is 5.82 Å². The SMILES string of the molecule is Cc1cc(C(O)c2ccc(Br)cc2Cl)cc(C)c1F. The maximum atomic E-state index is 13.6. The number of aliphatic hydroxyl groups is 1. The van der Waals surface area contributed by atoms with Crippen LogP contribution < -0.4 is 0 Å². The fraction of sp³-hybridized carbons (Fsp3) is 0.200. The van der Waals surface area contributed by atoms with Crippen molar-refractivity contribution >= 4 is 27.5 Å². The summed E-state index contributed by atoms with van der Waals surface area (Å²) < 4.78 is 14.4. The lowest BCUT2D eigenvalue weighted by Gasteiger charge is -2.15. The fourth-order valence-corrected chi connectivity index (χ4v) is 2.82. The molecule has 4 heteroatoms. The Morgan fingerprint density at radius 1 is 1.16 bits per heavy atom. The second-order valence-corrected chi connectivity index (χ2v) is 5.86. The molecule has 0 radical (unpaired) electrons. The summed E-state index contributed by atoms with van der Waals surface area (Å²) in [6.45, 7) is 3.36. The van der Waals surface area contributed by atoms with Crippen LogP contribution in [0.3, 0.4) is 0 Å². The molecule has 0 aromatic heterocycles. The van der Waals surface area contributed by atoms with Crippen molar-refractivity contribution in [3.63, 3.8) is 0 Å². The van der Waals surface area contributed by atoms with Gasteiger partial charge in [-0.1, -0.05) is 45.7 Å². The van der Waals surface area contributed by atoms with Crippen LogP contribution in [0.15, 0.2) is 34.8 Å². The number of benzene rings is 2. The molecule has 0 bridgehead atoms. The zero-order valence-electron chi connectivity index (χ0n) is 10.5. The molecule has 0 amide bonds. The Bertz CT molecular complexity index is 605. The monoisotopic (exact) mass is 342 g/mol. The van der Waals surface area contributed by atoms with Crippen LogP contribution in [0, 0.1) is 19.7 Å². The minimum atomic E-state index is -0.862. The fourth-order valence-electron chi connectivity index (χ4n) is 2.04. The van der Waals surface area contributed by atoms with E-state index in [0.29, 0.717) is 27.3 Å². The van der Waals surface area contributed by atoms with Crippen LogP contribution in [0.2, 0.25) is 5.02 Å². The Morgan fingerprint density at radius 3 is 2.26 bits per heavy atom. The highest BCUT2D eigenvalue weighted by atomic mass is 79.9. The molecule has 2 aromatic rings. The number of aliphatic hydroxyl groups excluding tert-OH is 1. The summed E-state index contributed by atoms with van der Waals surface area (Å²) in [7, 11) is 0. The lowest BCUT2D eigenvalue weighted by atomic mass is 9.97. The zero-order chi connectivity index (χ0) is 14.2. The average molecular weight is 344 g/mol. The van der Waals surface area contributed by atoms with Gasteiger partial charge in [-0.3, -0.25) is 0 Å². The molecule has 100 valence electrons. The molecule has 1 atom stereocenters. The van der Waals surface area contributed by atoms with E-state index in [1.807, 2.05) is 6.07 Å². The number of hydrogen-bond acceptors (Lipinski definition) is 1. The van der Waals surface area contributed by atoms with Crippen LogP contribution in [0.4, 0.5) is 4.39 Å². The van der Waals surface area contributed by atoms with Gasteiger partial charge in [0.05, 0.1) is 0 Å². The van der Waals surface area contributed by atoms with Crippen LogP contribution in [0.1, 0.15) is 28.4 Å². The van der Waals surface area contributed by atoms with Gasteiger partial charge in [0.2, 0.25) is 0 Å². The topological polar surface area (TPSA) is 20.2 Å². The molecular formula is C15H13BrClFO. The lowest BCUT2D eigenvalue weighted by Crippen LogP contribution is -2.03. The van der Waals surface area contributed by atoms with Crippen molar-refractivity contribution in [2.45, 2.75) is 20.0 Å². The van der Waals surface area contributed by atoms with Gasteiger partial charge < -0.3 is 5.11 Å². The molecule has 1 unspecified atom stereocenters. The molecule has 0 aliphatic carbocycles. The molecule has 2 rings (SSSR count). The van der Waals surface area contributed by atoms with E-state index >= 15 is 0 Å². The van der Waals surface area contributed by atoms with Crippen molar-refractivity contribution in [1.82, 2.24) is 0 Å². The van der Waals surface area contributed by atoms with Gasteiger partial charge in [-0.15, -0.1) is 0 Å². The molecule has 0 heterocycles. The van der Waals surface area contributed by atoms with Crippen molar-refractivity contribution < 1.29 is 9.50 Å². The summed E-state index contributed by atoms with van der Waals surface area (Å²) in [5.41, 5.74) is 2.28. The molecule has 0 saturated carbocycles. The Hall–Kier alpha value is -0.900. The molecule has 0 aliphatic heterocycles. The van der Waals surface area contributed by atoms with Crippen LogP contribution in [-0.2, 0) is 0 Å². The molecule has 0 saturated heterocycles. The maximum absolute atomic E-state index is 13.6. The summed E-state index contributed by atoms with van der Waals surface area (Å²) in [6.07, 6.45) is -0.862. The number of halogens is 3. The number of rotatable bonds is 2. The number of aryl methyl sites for hydroxylation is 2. The molecular weight excluding hydrogens is 331 g/mol. The van der Waals surface area contributed by atoms with Crippen molar-refractivity contribution in [3.05, 3.63) is 67.9 Å². The normalized spacial score (nSPS) is 12.5. The summed E-state index contributed by atoms with van der Waals surface area (Å²) in [4.78, 5) is 0. The van der Waals surface area contributed by atoms with E-state index in [9.17, 15) is 9.50 Å². The first-order valence-corrected chi connectivity index (χ1v) is 6.97. The van der Waals surface area contributed by atoms with Crippen molar-refractivity contribution in [1.29, 1.82) is 0 Å². The van der Waals surface area contributed by atoms with Gasteiger partial charge in [-0.05, 0) is 42.7 Å². The molecule has 0 spiro atoms. The van der Waals surface area contributed by atoms with Gasteiger partial charge in [-0.25, -0.2) is 4.39 Å². The Morgan fingerprint density at radius 2 is 1.74 bits per heavy atom. The minimum Gasteiger partial charge on any atom is -0.384 e. The lowest BCUT2D eigenvalue weighted by molar-refractivity contribution is 0.220. The minimum absolute atomic E-state index is 0.238. The van der Waals surface area contributed by atoms with Crippen molar-refractivity contribution in [2.24, 2.45) is 0 Å². The summed E-state index contributed by atoms with van der Waals surface area (Å²) >= 11 is 9.44. The molecule has 19 heavy (non-hydrogen) atoms. The van der Waals surface area contributed by atoms with Crippen LogP contribution in [-0.4, -0.2) is 5.11 Å². The van der Waals surface area contributed by atoms with Crippen molar-refractivity contribution in [3.8, 4) is 0 Å². The van der Waals surface area contributed by atoms with E-state index < -0.39 is 6.10 Å². The largest absolute Gasteiger partial charge is 0.384 e. The van der Waals surface area contributed by atoms with E-state index in [2.05, 4.69) is 15.9 Å². The third-order valence-corrected chi connectivity index (χ3v) is 3.85. The summed E-state index contributed by atoms with van der Waals surface area (Å²) in [5, 5.41) is 10.9. The molecule has 1 N–H and O–H groups in total. The maximum Gasteiger partial charge on any atom is 0.129 e. The summed E-state index contributed by atoms with van der Waals surface area (Å²) in [6, 6.07) is 8.58. The predicted molar refractivity (Wildman–Crippen MR) is 79.1 cm³/mol. The second kappa shape index (κ2) is 5.61. The smallest absolute Gasteiger partial charge is 0.129 e. The van der Waals surface area contributed by atoms with Gasteiger partial charge in [0.25, 0.3) is 0 Å². The second-order valence-electron chi connectivity index (χ2n) is 4.54. The number of hydrogen-bond donors (Lipinski definition) is 1. The van der Waals surface area contributed by atoms with Crippen LogP contribution in [0.5, 0.6) is 0 Å². The standard InChI is InChI=1S/C15H13BrClFO/c1-8-5-10(6-9(2)14(8)18)15(19)12-4-3-11(16)7-13(12)17/h3-7,15,19H,1-2H3. The molecule has 0 aliphatic rings. The highest BCUT2D eigenvalue weighted by Gasteiger charge is 2.16. The molecule has 1 nitrogen and oxygen atoms in total. The van der Waals surface area contributed by atoms with E-state index in [4.69, 9.17) is 11.6 Å². The van der Waals surface area contributed by atoms with E-state index in [0.717, 1.165) is 4.47 Å². The first-order valence-electron chi connectivity index (χ1n) is 5.80. The van der Waals surface area contributed by atoms with Gasteiger partial charge in [0, 0.05) is 15.1 Å². The van der Waals surface area contributed by atoms with Gasteiger partial charge >= 0.3 is 0 Å². The average Bonchev–Trinajstić information content (AvgIpc) is 2.34. The van der Waals surface area contributed by atoms with Crippen molar-refractivity contribution in [2.75, 3.05) is 0 Å². The van der Waals surface area contributed by atoms with Crippen LogP contribution >= 0.6 is 27.5 Å². The quantitative estimate of drug-likeness (QED) is 0.819. The Balaban J connectivity index is 2.47. The molecule has 0 fully saturated rings.